The van der Waals surface area contributed by atoms with Gasteiger partial charge >= 0.3 is 0 Å². The molecule has 0 fully saturated rings. The second-order valence-corrected chi connectivity index (χ2v) is 4.75. The Hall–Kier alpha value is -2.40. The molecule has 0 aliphatic carbocycles. The summed E-state index contributed by atoms with van der Waals surface area (Å²) in [4.78, 5) is 4.44. The van der Waals surface area contributed by atoms with Gasteiger partial charge in [0.2, 0.25) is 5.95 Å². The maximum Gasteiger partial charge on any atom is 0.243 e. The highest BCUT2D eigenvalue weighted by Gasteiger charge is 2.04. The molecule has 0 atom stereocenters. The molecule has 3 aromatic rings. The minimum atomic E-state index is 0.570. The van der Waals surface area contributed by atoms with E-state index in [4.69, 9.17) is 5.73 Å². The number of nitrogens with two attached hydrogens (primary N) is 1. The van der Waals surface area contributed by atoms with Gasteiger partial charge in [-0.25, -0.2) is 4.52 Å². The van der Waals surface area contributed by atoms with Gasteiger partial charge in [0.05, 0.1) is 0 Å². The molecule has 102 valence electrons. The van der Waals surface area contributed by atoms with Gasteiger partial charge in [-0.3, -0.25) is 0 Å². The minimum Gasteiger partial charge on any atom is -0.349 e. The Balaban J connectivity index is 1.74. The van der Waals surface area contributed by atoms with E-state index in [1.807, 2.05) is 41.8 Å². The molecule has 0 aliphatic heterocycles. The molecule has 0 spiro atoms. The van der Waals surface area contributed by atoms with Crippen LogP contribution >= 0.6 is 0 Å². The van der Waals surface area contributed by atoms with Crippen molar-refractivity contribution in [1.29, 1.82) is 0 Å². The van der Waals surface area contributed by atoms with E-state index >= 15 is 0 Å². The van der Waals surface area contributed by atoms with Crippen LogP contribution in [0.3, 0.4) is 0 Å². The summed E-state index contributed by atoms with van der Waals surface area (Å²) in [7, 11) is 0. The molecular weight excluding hydrogens is 250 g/mol. The number of nitrogens with zero attached hydrogens (tertiary/aromatic N) is 3. The fourth-order valence-corrected chi connectivity index (χ4v) is 2.08. The highest BCUT2D eigenvalue weighted by molar-refractivity contribution is 5.44. The summed E-state index contributed by atoms with van der Waals surface area (Å²) in [5.74, 6) is 0.641. The number of aryl methyl sites for hydroxylation is 1. The predicted octanol–water partition coefficient (Wildman–Crippen LogP) is 2.11. The first-order valence-electron chi connectivity index (χ1n) is 6.60. The first-order valence-corrected chi connectivity index (χ1v) is 6.60. The van der Waals surface area contributed by atoms with Gasteiger partial charge in [-0.15, -0.1) is 5.10 Å². The number of pyridine rings is 1. The van der Waals surface area contributed by atoms with Crippen LogP contribution in [0.4, 0.5) is 5.95 Å². The van der Waals surface area contributed by atoms with Crippen LogP contribution in [0.5, 0.6) is 0 Å². The van der Waals surface area contributed by atoms with Crippen molar-refractivity contribution in [3.05, 3.63) is 59.3 Å². The van der Waals surface area contributed by atoms with Crippen LogP contribution in [0, 0.1) is 6.92 Å². The fourth-order valence-electron chi connectivity index (χ4n) is 2.08. The van der Waals surface area contributed by atoms with Crippen LogP contribution in [0.2, 0.25) is 0 Å². The van der Waals surface area contributed by atoms with E-state index in [1.54, 1.807) is 0 Å². The van der Waals surface area contributed by atoms with E-state index in [0.29, 0.717) is 19.0 Å². The van der Waals surface area contributed by atoms with Crippen molar-refractivity contribution in [2.24, 2.45) is 5.73 Å². The van der Waals surface area contributed by atoms with E-state index in [2.05, 4.69) is 27.5 Å². The molecule has 2 heterocycles. The number of anilines is 1. The molecule has 0 saturated carbocycles. The fraction of sp³-hybridized carbons (Fsp3) is 0.200. The molecule has 20 heavy (non-hydrogen) atoms. The average Bonchev–Trinajstić information content (AvgIpc) is 2.90. The van der Waals surface area contributed by atoms with Crippen LogP contribution in [0.15, 0.2) is 42.5 Å². The molecule has 5 heteroatoms. The van der Waals surface area contributed by atoms with Gasteiger partial charge in [-0.2, -0.15) is 4.98 Å². The third-order valence-electron chi connectivity index (χ3n) is 3.26. The van der Waals surface area contributed by atoms with Crippen LogP contribution < -0.4 is 11.1 Å². The lowest BCUT2D eigenvalue weighted by atomic mass is 10.1. The third kappa shape index (κ3) is 2.48. The average molecular weight is 267 g/mol. The van der Waals surface area contributed by atoms with E-state index in [-0.39, 0.29) is 0 Å². The van der Waals surface area contributed by atoms with Gasteiger partial charge in [0, 0.05) is 18.8 Å². The Morgan fingerprint density at radius 1 is 1.10 bits per heavy atom. The topological polar surface area (TPSA) is 68.2 Å². The molecule has 0 bridgehead atoms. The van der Waals surface area contributed by atoms with Crippen molar-refractivity contribution in [3.63, 3.8) is 0 Å². The van der Waals surface area contributed by atoms with Crippen molar-refractivity contribution in [2.45, 2.75) is 20.0 Å². The van der Waals surface area contributed by atoms with Crippen LogP contribution in [-0.2, 0) is 13.1 Å². The summed E-state index contributed by atoms with van der Waals surface area (Å²) >= 11 is 0. The minimum absolute atomic E-state index is 0.570. The molecule has 0 unspecified atom stereocenters. The number of rotatable bonds is 4. The Labute approximate surface area is 117 Å². The summed E-state index contributed by atoms with van der Waals surface area (Å²) in [6.07, 6.45) is 0. The van der Waals surface area contributed by atoms with Gasteiger partial charge in [-0.1, -0.05) is 30.3 Å². The molecule has 3 rings (SSSR count). The number of hydrogen-bond donors (Lipinski definition) is 2. The van der Waals surface area contributed by atoms with Crippen molar-refractivity contribution in [3.8, 4) is 0 Å². The van der Waals surface area contributed by atoms with E-state index in [0.717, 1.165) is 16.9 Å². The monoisotopic (exact) mass is 267 g/mol. The first-order chi connectivity index (χ1) is 9.76. The zero-order valence-corrected chi connectivity index (χ0v) is 11.4. The predicted molar refractivity (Wildman–Crippen MR) is 79.4 cm³/mol. The zero-order valence-electron chi connectivity index (χ0n) is 11.4. The molecule has 5 nitrogen and oxygen atoms in total. The highest BCUT2D eigenvalue weighted by Crippen LogP contribution is 2.10. The van der Waals surface area contributed by atoms with E-state index < -0.39 is 0 Å². The second kappa shape index (κ2) is 5.30. The van der Waals surface area contributed by atoms with Crippen molar-refractivity contribution < 1.29 is 0 Å². The second-order valence-electron chi connectivity index (χ2n) is 4.75. The number of fused-ring (bicyclic) bond motifs is 1. The van der Waals surface area contributed by atoms with Gasteiger partial charge < -0.3 is 11.1 Å². The molecule has 2 aromatic heterocycles. The van der Waals surface area contributed by atoms with Crippen molar-refractivity contribution >= 4 is 11.6 Å². The number of aromatic nitrogens is 3. The van der Waals surface area contributed by atoms with Gasteiger partial charge in [0.15, 0.2) is 5.65 Å². The number of nitrogens with one attached hydrogen (secondary N) is 1. The molecule has 0 aliphatic rings. The molecule has 1 aromatic carbocycles. The maximum atomic E-state index is 5.58. The van der Waals surface area contributed by atoms with E-state index in [9.17, 15) is 0 Å². The summed E-state index contributed by atoms with van der Waals surface area (Å²) in [6.45, 7) is 3.28. The lowest BCUT2D eigenvalue weighted by Crippen LogP contribution is -2.02. The largest absolute Gasteiger partial charge is 0.349 e. The third-order valence-corrected chi connectivity index (χ3v) is 3.26. The summed E-state index contributed by atoms with van der Waals surface area (Å²) < 4.78 is 1.83. The van der Waals surface area contributed by atoms with Crippen molar-refractivity contribution in [1.82, 2.24) is 14.6 Å². The van der Waals surface area contributed by atoms with E-state index in [1.165, 1.54) is 5.56 Å². The summed E-state index contributed by atoms with van der Waals surface area (Å²) in [6, 6.07) is 14.1. The van der Waals surface area contributed by atoms with Gasteiger partial charge in [0.1, 0.15) is 0 Å². The number of hydrogen-bond acceptors (Lipinski definition) is 4. The van der Waals surface area contributed by atoms with Crippen LogP contribution in [0.1, 0.15) is 16.8 Å². The standard InChI is InChI=1S/C15H17N5/c1-11-3-2-4-14-18-15(19-20(11)14)17-10-13-7-5-12(9-16)6-8-13/h2-8H,9-10,16H2,1H3,(H,17,19). The SMILES string of the molecule is Cc1cccc2nc(NCc3ccc(CN)cc3)nn12. The van der Waals surface area contributed by atoms with Crippen LogP contribution in [-0.4, -0.2) is 14.6 Å². The molecule has 0 radical (unpaired) electrons. The maximum absolute atomic E-state index is 5.58. The Morgan fingerprint density at radius 2 is 1.85 bits per heavy atom. The molecule has 0 amide bonds. The Morgan fingerprint density at radius 3 is 2.55 bits per heavy atom. The zero-order chi connectivity index (χ0) is 13.9. The first kappa shape index (κ1) is 12.6. The lowest BCUT2D eigenvalue weighted by molar-refractivity contribution is 0.909. The quantitative estimate of drug-likeness (QED) is 0.759. The van der Waals surface area contributed by atoms with Gasteiger partial charge in [-0.05, 0) is 30.2 Å². The van der Waals surface area contributed by atoms with Crippen molar-refractivity contribution in [2.75, 3.05) is 5.32 Å². The summed E-state index contributed by atoms with van der Waals surface area (Å²) in [5, 5.41) is 7.68. The molecule has 3 N–H and O–H groups in total. The molecular formula is C15H17N5. The Bertz CT molecular complexity index is 715. The normalized spacial score (nSPS) is 10.9. The highest BCUT2D eigenvalue weighted by atomic mass is 15.3. The number of benzene rings is 1. The summed E-state index contributed by atoms with van der Waals surface area (Å²) in [5.41, 5.74) is 9.81. The smallest absolute Gasteiger partial charge is 0.243 e. The van der Waals surface area contributed by atoms with Gasteiger partial charge in [0.25, 0.3) is 0 Å². The lowest BCUT2D eigenvalue weighted by Gasteiger charge is -2.03. The Kier molecular flexibility index (Phi) is 3.35. The molecule has 0 saturated heterocycles. The van der Waals surface area contributed by atoms with Crippen LogP contribution in [0.25, 0.3) is 5.65 Å².